The van der Waals surface area contributed by atoms with Crippen LogP contribution in [0.2, 0.25) is 0 Å². The van der Waals surface area contributed by atoms with Crippen molar-refractivity contribution < 1.29 is 14.3 Å². The van der Waals surface area contributed by atoms with Crippen LogP contribution in [0.25, 0.3) is 33.1 Å². The maximum Gasteiger partial charge on any atom is 0.407 e. The van der Waals surface area contributed by atoms with Gasteiger partial charge in [-0.15, -0.1) is 0 Å². The Bertz CT molecular complexity index is 1520. The molecular weight excluding hydrogens is 482 g/mol. The summed E-state index contributed by atoms with van der Waals surface area (Å²) in [5.74, 6) is -0.191. The number of aromatic nitrogens is 3. The predicted octanol–water partition coefficient (Wildman–Crippen LogP) is 4.21. The molecule has 1 unspecified atom stereocenters. The first-order valence-corrected chi connectivity index (χ1v) is 12.8. The molecule has 0 radical (unpaired) electrons. The predicted molar refractivity (Wildman–Crippen MR) is 149 cm³/mol. The van der Waals surface area contributed by atoms with E-state index in [2.05, 4.69) is 36.6 Å². The molecule has 0 bridgehead atoms. The van der Waals surface area contributed by atoms with Crippen LogP contribution in [0.1, 0.15) is 44.0 Å². The number of amides is 2. The summed E-state index contributed by atoms with van der Waals surface area (Å²) >= 11 is 0. The first kappa shape index (κ1) is 25.3. The van der Waals surface area contributed by atoms with E-state index in [1.807, 2.05) is 45.2 Å². The second-order valence-corrected chi connectivity index (χ2v) is 10.6. The number of anilines is 2. The fraction of sp³-hybridized carbons (Fsp3) is 0.357. The molecule has 3 aromatic heterocycles. The number of alkyl carbamates (subject to hydrolysis) is 1. The third-order valence-corrected chi connectivity index (χ3v) is 6.66. The fourth-order valence-corrected chi connectivity index (χ4v) is 5.00. The number of ether oxygens (including phenoxy) is 1. The lowest BCUT2D eigenvalue weighted by Crippen LogP contribution is -2.49. The SMILES string of the molecule is CNC(=O)c1cnc2[nH]cc(-c3ccc4ncc(N)c(N5CCCC(NC(=O)OC(C)(C)C)C5)c4c3)c2c1. The van der Waals surface area contributed by atoms with Gasteiger partial charge in [-0.2, -0.15) is 0 Å². The van der Waals surface area contributed by atoms with Gasteiger partial charge < -0.3 is 31.0 Å². The highest BCUT2D eigenvalue weighted by atomic mass is 16.6. The first-order valence-electron chi connectivity index (χ1n) is 12.8. The van der Waals surface area contributed by atoms with Gasteiger partial charge in [0.05, 0.1) is 28.7 Å². The molecule has 4 aromatic rings. The lowest BCUT2D eigenvalue weighted by molar-refractivity contribution is 0.0500. The van der Waals surface area contributed by atoms with Crippen molar-refractivity contribution in [2.24, 2.45) is 0 Å². The summed E-state index contributed by atoms with van der Waals surface area (Å²) in [6.45, 7) is 6.98. The Labute approximate surface area is 221 Å². The zero-order chi connectivity index (χ0) is 27.0. The van der Waals surface area contributed by atoms with Crippen LogP contribution in [0.15, 0.2) is 42.9 Å². The number of nitrogens with zero attached hydrogens (tertiary/aromatic N) is 3. The molecular formula is C28H33N7O3. The van der Waals surface area contributed by atoms with E-state index < -0.39 is 11.7 Å². The number of aromatic amines is 1. The molecule has 1 fully saturated rings. The molecule has 1 aliphatic heterocycles. The molecule has 5 rings (SSSR count). The van der Waals surface area contributed by atoms with E-state index in [0.29, 0.717) is 23.4 Å². The largest absolute Gasteiger partial charge is 0.444 e. The number of hydrogen-bond acceptors (Lipinski definition) is 7. The van der Waals surface area contributed by atoms with E-state index in [0.717, 1.165) is 52.5 Å². The number of nitrogens with one attached hydrogen (secondary N) is 3. The molecule has 198 valence electrons. The van der Waals surface area contributed by atoms with Crippen LogP contribution >= 0.6 is 0 Å². The van der Waals surface area contributed by atoms with Crippen molar-refractivity contribution in [3.05, 3.63) is 48.4 Å². The number of H-pyrrole nitrogens is 1. The van der Waals surface area contributed by atoms with E-state index in [1.54, 1.807) is 19.4 Å². The number of piperidine rings is 1. The number of pyridine rings is 2. The summed E-state index contributed by atoms with van der Waals surface area (Å²) in [6, 6.07) is 7.84. The lowest BCUT2D eigenvalue weighted by Gasteiger charge is -2.36. The van der Waals surface area contributed by atoms with Gasteiger partial charge in [0, 0.05) is 54.9 Å². The van der Waals surface area contributed by atoms with Crippen molar-refractivity contribution >= 4 is 45.3 Å². The number of nitrogens with two attached hydrogens (primary N) is 1. The van der Waals surface area contributed by atoms with Crippen molar-refractivity contribution in [2.75, 3.05) is 30.8 Å². The molecule has 0 aliphatic carbocycles. The smallest absolute Gasteiger partial charge is 0.407 e. The Morgan fingerprint density at radius 2 is 1.97 bits per heavy atom. The Balaban J connectivity index is 1.50. The number of nitrogen functional groups attached to an aromatic ring is 1. The summed E-state index contributed by atoms with van der Waals surface area (Å²) in [5, 5.41) is 7.43. The maximum atomic E-state index is 12.4. The highest BCUT2D eigenvalue weighted by Crippen LogP contribution is 2.37. The molecule has 4 heterocycles. The first-order chi connectivity index (χ1) is 18.1. The van der Waals surface area contributed by atoms with Crippen LogP contribution in [-0.4, -0.2) is 58.7 Å². The molecule has 38 heavy (non-hydrogen) atoms. The van der Waals surface area contributed by atoms with Gasteiger partial charge in [-0.1, -0.05) is 6.07 Å². The van der Waals surface area contributed by atoms with Crippen molar-refractivity contribution in [3.63, 3.8) is 0 Å². The minimum atomic E-state index is -0.556. The molecule has 5 N–H and O–H groups in total. The van der Waals surface area contributed by atoms with Crippen LogP contribution in [0.3, 0.4) is 0 Å². The maximum absolute atomic E-state index is 12.4. The second kappa shape index (κ2) is 9.85. The Kier molecular flexibility index (Phi) is 6.56. The summed E-state index contributed by atoms with van der Waals surface area (Å²) in [4.78, 5) is 39.0. The Hall–Kier alpha value is -4.34. The fourth-order valence-electron chi connectivity index (χ4n) is 5.00. The Morgan fingerprint density at radius 3 is 2.74 bits per heavy atom. The molecule has 1 aliphatic rings. The highest BCUT2D eigenvalue weighted by Gasteiger charge is 2.26. The number of carbonyl (C=O) groups is 2. The Morgan fingerprint density at radius 1 is 1.16 bits per heavy atom. The number of hydrogen-bond donors (Lipinski definition) is 4. The van der Waals surface area contributed by atoms with E-state index in [4.69, 9.17) is 10.5 Å². The lowest BCUT2D eigenvalue weighted by atomic mass is 9.99. The molecule has 1 atom stereocenters. The van der Waals surface area contributed by atoms with Gasteiger partial charge in [-0.25, -0.2) is 9.78 Å². The van der Waals surface area contributed by atoms with Crippen LogP contribution in [-0.2, 0) is 4.74 Å². The number of benzene rings is 1. The molecule has 1 aromatic carbocycles. The van der Waals surface area contributed by atoms with Crippen molar-refractivity contribution in [1.82, 2.24) is 25.6 Å². The highest BCUT2D eigenvalue weighted by molar-refractivity contribution is 6.04. The molecule has 0 saturated carbocycles. The second-order valence-electron chi connectivity index (χ2n) is 10.6. The molecule has 1 saturated heterocycles. The van der Waals surface area contributed by atoms with Gasteiger partial charge in [-0.05, 0) is 57.4 Å². The zero-order valence-electron chi connectivity index (χ0n) is 22.1. The van der Waals surface area contributed by atoms with Crippen molar-refractivity contribution in [1.29, 1.82) is 0 Å². The third kappa shape index (κ3) is 5.06. The van der Waals surface area contributed by atoms with Crippen LogP contribution in [0.4, 0.5) is 16.2 Å². The minimum Gasteiger partial charge on any atom is -0.444 e. The van der Waals surface area contributed by atoms with Gasteiger partial charge in [0.15, 0.2) is 0 Å². The number of fused-ring (bicyclic) bond motifs is 2. The van der Waals surface area contributed by atoms with E-state index in [9.17, 15) is 9.59 Å². The van der Waals surface area contributed by atoms with Crippen molar-refractivity contribution in [3.8, 4) is 11.1 Å². The van der Waals surface area contributed by atoms with Gasteiger partial charge in [0.2, 0.25) is 0 Å². The van der Waals surface area contributed by atoms with Crippen molar-refractivity contribution in [2.45, 2.75) is 45.3 Å². The number of carbonyl (C=O) groups excluding carboxylic acids is 2. The summed E-state index contributed by atoms with van der Waals surface area (Å²) in [7, 11) is 1.60. The third-order valence-electron chi connectivity index (χ3n) is 6.66. The minimum absolute atomic E-state index is 0.0628. The summed E-state index contributed by atoms with van der Waals surface area (Å²) in [6.07, 6.45) is 6.49. The molecule has 10 nitrogen and oxygen atoms in total. The zero-order valence-corrected chi connectivity index (χ0v) is 22.1. The monoisotopic (exact) mass is 515 g/mol. The molecule has 0 spiro atoms. The van der Waals surface area contributed by atoms with E-state index in [-0.39, 0.29) is 11.9 Å². The molecule has 2 amide bonds. The van der Waals surface area contributed by atoms with Crippen LogP contribution in [0, 0.1) is 0 Å². The summed E-state index contributed by atoms with van der Waals surface area (Å²) in [5.41, 5.74) is 11.3. The number of rotatable bonds is 4. The summed E-state index contributed by atoms with van der Waals surface area (Å²) < 4.78 is 5.46. The van der Waals surface area contributed by atoms with E-state index >= 15 is 0 Å². The standard InChI is InChI=1S/C28H33N7O3/c1-28(2,3)38-27(37)34-18-6-5-9-35(15-18)24-20-10-16(7-8-23(20)31-14-22(24)29)21-13-33-25-19(21)11-17(12-32-25)26(36)30-4/h7-8,10-14,18H,5-6,9,15,29H2,1-4H3,(H,30,36)(H,32,33)(H,34,37). The topological polar surface area (TPSA) is 138 Å². The molecule has 10 heteroatoms. The average Bonchev–Trinajstić information content (AvgIpc) is 3.30. The van der Waals surface area contributed by atoms with Gasteiger partial charge in [-0.3, -0.25) is 9.78 Å². The van der Waals surface area contributed by atoms with Gasteiger partial charge in [0.1, 0.15) is 11.2 Å². The van der Waals surface area contributed by atoms with Gasteiger partial charge >= 0.3 is 6.09 Å². The quantitative estimate of drug-likeness (QED) is 0.319. The average molecular weight is 516 g/mol. The van der Waals surface area contributed by atoms with Crippen LogP contribution in [0.5, 0.6) is 0 Å². The normalized spacial score (nSPS) is 16.0. The van der Waals surface area contributed by atoms with Crippen LogP contribution < -0.4 is 21.3 Å². The van der Waals surface area contributed by atoms with Gasteiger partial charge in [0.25, 0.3) is 5.91 Å². The van der Waals surface area contributed by atoms with E-state index in [1.165, 1.54) is 0 Å².